The molecule has 0 radical (unpaired) electrons. The van der Waals surface area contributed by atoms with E-state index in [0.717, 1.165) is 5.56 Å². The van der Waals surface area contributed by atoms with Gasteiger partial charge in [0.1, 0.15) is 17.7 Å². The van der Waals surface area contributed by atoms with Crippen LogP contribution in [0.25, 0.3) is 11.3 Å². The van der Waals surface area contributed by atoms with Crippen molar-refractivity contribution in [3.63, 3.8) is 0 Å². The number of halogens is 1. The van der Waals surface area contributed by atoms with E-state index < -0.39 is 24.0 Å². The Hall–Kier alpha value is -4.29. The van der Waals surface area contributed by atoms with Gasteiger partial charge in [0.2, 0.25) is 0 Å². The summed E-state index contributed by atoms with van der Waals surface area (Å²) in [6.45, 7) is 1.81. The molecule has 1 unspecified atom stereocenters. The summed E-state index contributed by atoms with van der Waals surface area (Å²) >= 11 is 0. The maximum absolute atomic E-state index is 13.5. The number of anilines is 1. The van der Waals surface area contributed by atoms with E-state index in [2.05, 4.69) is 21.7 Å². The van der Waals surface area contributed by atoms with Gasteiger partial charge in [-0.1, -0.05) is 30.3 Å². The zero-order chi connectivity index (χ0) is 24.7. The van der Waals surface area contributed by atoms with Crippen molar-refractivity contribution in [2.24, 2.45) is 5.73 Å². The maximum Gasteiger partial charge on any atom is 0.327 e. The van der Waals surface area contributed by atoms with Gasteiger partial charge in [-0.3, -0.25) is 4.79 Å². The summed E-state index contributed by atoms with van der Waals surface area (Å²) in [7, 11) is 0. The monoisotopic (exact) mass is 461 g/mol. The number of carboxylic acids is 1. The second-order valence-corrected chi connectivity index (χ2v) is 7.71. The Morgan fingerprint density at radius 1 is 1.18 bits per heavy atom. The van der Waals surface area contributed by atoms with Crippen molar-refractivity contribution < 1.29 is 19.1 Å². The highest BCUT2D eigenvalue weighted by Crippen LogP contribution is 2.25. The summed E-state index contributed by atoms with van der Waals surface area (Å²) in [5, 5.41) is 24.3. The smallest absolute Gasteiger partial charge is 0.327 e. The summed E-state index contributed by atoms with van der Waals surface area (Å²) in [4.78, 5) is 28.9. The predicted molar refractivity (Wildman–Crippen MR) is 126 cm³/mol. The Morgan fingerprint density at radius 3 is 2.62 bits per heavy atom. The third-order valence-corrected chi connectivity index (χ3v) is 5.14. The largest absolute Gasteiger partial charge is 0.480 e. The average molecular weight is 461 g/mol. The Morgan fingerprint density at radius 2 is 1.94 bits per heavy atom. The molecule has 0 spiro atoms. The molecule has 0 bridgehead atoms. The number of nitrogens with two attached hydrogens (primary N) is 1. The van der Waals surface area contributed by atoms with Crippen molar-refractivity contribution in [1.82, 2.24) is 10.3 Å². The minimum atomic E-state index is -1.29. The van der Waals surface area contributed by atoms with E-state index in [1.807, 2.05) is 0 Å². The summed E-state index contributed by atoms with van der Waals surface area (Å²) in [5.74, 6) is -2.06. The molecule has 2 aromatic carbocycles. The predicted octanol–water partition coefficient (Wildman–Crippen LogP) is 2.94. The Kier molecular flexibility index (Phi) is 7.90. The molecule has 1 heterocycles. The third-order valence-electron chi connectivity index (χ3n) is 5.14. The standard InChI is InChI=1S/C25H24FN5O3/c1-15(28)22(25(33)34)31-24(32)20-9-10-21(19-8-3-2-6-17(19)14-27)30-23(20)29-12-11-16-5-4-7-18(26)13-16/h2-10,13,15,22H,11-12,28H2,1H3,(H,29,30)(H,31,32)(H,33,34)/t15?,22-/m0/s1. The lowest BCUT2D eigenvalue weighted by molar-refractivity contribution is -0.139. The second-order valence-electron chi connectivity index (χ2n) is 7.71. The van der Waals surface area contributed by atoms with Crippen molar-refractivity contribution in [2.45, 2.75) is 25.4 Å². The van der Waals surface area contributed by atoms with E-state index in [9.17, 15) is 24.3 Å². The first kappa shape index (κ1) is 24.4. The molecule has 174 valence electrons. The first-order valence-electron chi connectivity index (χ1n) is 10.6. The van der Waals surface area contributed by atoms with Crippen molar-refractivity contribution in [2.75, 3.05) is 11.9 Å². The number of nitriles is 1. The van der Waals surface area contributed by atoms with Gasteiger partial charge in [0, 0.05) is 18.2 Å². The minimum absolute atomic E-state index is 0.115. The molecule has 0 saturated heterocycles. The Labute approximate surface area is 196 Å². The summed E-state index contributed by atoms with van der Waals surface area (Å²) in [6, 6.07) is 16.2. The average Bonchev–Trinajstić information content (AvgIpc) is 2.82. The number of rotatable bonds is 9. The Bertz CT molecular complexity index is 1240. The number of nitrogens with zero attached hydrogens (tertiary/aromatic N) is 2. The summed E-state index contributed by atoms with van der Waals surface area (Å²) in [6.07, 6.45) is 0.455. The van der Waals surface area contributed by atoms with E-state index in [0.29, 0.717) is 29.8 Å². The minimum Gasteiger partial charge on any atom is -0.480 e. The number of hydrogen-bond donors (Lipinski definition) is 4. The number of aromatic nitrogens is 1. The molecule has 1 amide bonds. The third kappa shape index (κ3) is 5.94. The van der Waals surface area contributed by atoms with Gasteiger partial charge < -0.3 is 21.5 Å². The number of pyridine rings is 1. The highest BCUT2D eigenvalue weighted by atomic mass is 19.1. The van der Waals surface area contributed by atoms with E-state index >= 15 is 0 Å². The lowest BCUT2D eigenvalue weighted by Gasteiger charge is -2.19. The number of hydrogen-bond acceptors (Lipinski definition) is 6. The number of aliphatic carboxylic acids is 1. The molecule has 3 aromatic rings. The molecule has 5 N–H and O–H groups in total. The molecule has 3 rings (SSSR count). The van der Waals surface area contributed by atoms with Gasteiger partial charge in [-0.25, -0.2) is 14.2 Å². The quantitative estimate of drug-likeness (QED) is 0.384. The van der Waals surface area contributed by atoms with Crippen LogP contribution in [0.5, 0.6) is 0 Å². The van der Waals surface area contributed by atoms with Crippen LogP contribution < -0.4 is 16.4 Å². The lowest BCUT2D eigenvalue weighted by atomic mass is 10.0. The molecular weight excluding hydrogens is 437 g/mol. The first-order valence-corrected chi connectivity index (χ1v) is 10.6. The fourth-order valence-corrected chi connectivity index (χ4v) is 3.39. The van der Waals surface area contributed by atoms with E-state index in [-0.39, 0.29) is 17.2 Å². The SMILES string of the molecule is CC(N)[C@H](NC(=O)c1ccc(-c2ccccc2C#N)nc1NCCc1cccc(F)c1)C(=O)O. The summed E-state index contributed by atoms with van der Waals surface area (Å²) in [5.41, 5.74) is 8.04. The molecular formula is C25H24FN5O3. The van der Waals surface area contributed by atoms with Gasteiger partial charge in [0.25, 0.3) is 5.91 Å². The van der Waals surface area contributed by atoms with Gasteiger partial charge in [0.05, 0.1) is 22.9 Å². The van der Waals surface area contributed by atoms with Crippen LogP contribution in [-0.4, -0.2) is 40.6 Å². The number of amides is 1. The van der Waals surface area contributed by atoms with Crippen molar-refractivity contribution in [1.29, 1.82) is 5.26 Å². The maximum atomic E-state index is 13.5. The number of carboxylic acid groups (broad SMARTS) is 1. The molecule has 0 saturated carbocycles. The second kappa shape index (κ2) is 11.0. The molecule has 1 aromatic heterocycles. The molecule has 9 heteroatoms. The van der Waals surface area contributed by atoms with Crippen LogP contribution in [0.1, 0.15) is 28.4 Å². The van der Waals surface area contributed by atoms with Gasteiger partial charge in [-0.05, 0) is 49.2 Å². The molecule has 0 aliphatic heterocycles. The van der Waals surface area contributed by atoms with Crippen LogP contribution in [0.2, 0.25) is 0 Å². The number of carbonyl (C=O) groups is 2. The van der Waals surface area contributed by atoms with Crippen LogP contribution in [0.3, 0.4) is 0 Å². The first-order chi connectivity index (χ1) is 16.3. The topological polar surface area (TPSA) is 141 Å². The number of nitrogens with one attached hydrogen (secondary N) is 2. The number of carbonyl (C=O) groups excluding carboxylic acids is 1. The molecule has 0 aliphatic rings. The van der Waals surface area contributed by atoms with Crippen molar-refractivity contribution in [3.8, 4) is 17.3 Å². The van der Waals surface area contributed by atoms with Crippen LogP contribution in [-0.2, 0) is 11.2 Å². The fraction of sp³-hybridized carbons (Fsp3) is 0.200. The van der Waals surface area contributed by atoms with Crippen molar-refractivity contribution in [3.05, 3.63) is 83.2 Å². The molecule has 0 fully saturated rings. The highest BCUT2D eigenvalue weighted by molar-refractivity contribution is 6.01. The fourth-order valence-electron chi connectivity index (χ4n) is 3.39. The Balaban J connectivity index is 1.93. The van der Waals surface area contributed by atoms with Crippen LogP contribution in [0, 0.1) is 17.1 Å². The zero-order valence-electron chi connectivity index (χ0n) is 18.5. The van der Waals surface area contributed by atoms with Gasteiger partial charge in [0.15, 0.2) is 0 Å². The molecule has 2 atom stereocenters. The highest BCUT2D eigenvalue weighted by Gasteiger charge is 2.26. The van der Waals surface area contributed by atoms with Crippen LogP contribution in [0.4, 0.5) is 10.2 Å². The van der Waals surface area contributed by atoms with Crippen LogP contribution >= 0.6 is 0 Å². The molecule has 8 nitrogen and oxygen atoms in total. The van der Waals surface area contributed by atoms with Gasteiger partial charge in [-0.15, -0.1) is 0 Å². The molecule has 34 heavy (non-hydrogen) atoms. The van der Waals surface area contributed by atoms with E-state index in [4.69, 9.17) is 5.73 Å². The lowest BCUT2D eigenvalue weighted by Crippen LogP contribution is -2.51. The number of benzene rings is 2. The van der Waals surface area contributed by atoms with Crippen LogP contribution in [0.15, 0.2) is 60.7 Å². The van der Waals surface area contributed by atoms with Gasteiger partial charge in [-0.2, -0.15) is 5.26 Å². The summed E-state index contributed by atoms with van der Waals surface area (Å²) < 4.78 is 13.5. The van der Waals surface area contributed by atoms with Gasteiger partial charge >= 0.3 is 5.97 Å². The van der Waals surface area contributed by atoms with E-state index in [1.54, 1.807) is 42.5 Å². The van der Waals surface area contributed by atoms with Crippen molar-refractivity contribution >= 4 is 17.7 Å². The normalized spacial score (nSPS) is 12.3. The molecule has 0 aliphatic carbocycles. The zero-order valence-corrected chi connectivity index (χ0v) is 18.5. The van der Waals surface area contributed by atoms with E-state index in [1.165, 1.54) is 25.1 Å².